The molecule has 1 aromatic heterocycles. The molecule has 1 heterocycles. The van der Waals surface area contributed by atoms with Gasteiger partial charge < -0.3 is 5.32 Å². The Labute approximate surface area is 136 Å². The van der Waals surface area contributed by atoms with Gasteiger partial charge in [0.25, 0.3) is 0 Å². The van der Waals surface area contributed by atoms with E-state index in [0.29, 0.717) is 6.42 Å². The quantitative estimate of drug-likeness (QED) is 0.792. The molecule has 2 aromatic carbocycles. The summed E-state index contributed by atoms with van der Waals surface area (Å²) in [5, 5.41) is 4.17. The summed E-state index contributed by atoms with van der Waals surface area (Å²) in [5.74, 6) is -0.0303. The van der Waals surface area contributed by atoms with E-state index >= 15 is 0 Å². The van der Waals surface area contributed by atoms with Crippen molar-refractivity contribution in [2.45, 2.75) is 26.3 Å². The van der Waals surface area contributed by atoms with Crippen molar-refractivity contribution in [1.29, 1.82) is 0 Å². The van der Waals surface area contributed by atoms with Crippen LogP contribution in [0.4, 0.5) is 0 Å². The molecule has 3 rings (SSSR count). The Morgan fingerprint density at radius 2 is 1.91 bits per heavy atom. The number of carbonyl (C=O) groups excluding carboxylic acids is 1. The van der Waals surface area contributed by atoms with Gasteiger partial charge in [0.15, 0.2) is 0 Å². The first-order chi connectivity index (χ1) is 11.1. The van der Waals surface area contributed by atoms with Gasteiger partial charge in [-0.1, -0.05) is 54.1 Å². The Balaban J connectivity index is 1.91. The molecule has 3 aromatic rings. The van der Waals surface area contributed by atoms with Crippen molar-refractivity contribution in [2.75, 3.05) is 0 Å². The van der Waals surface area contributed by atoms with Crippen molar-refractivity contribution < 1.29 is 4.79 Å². The molecule has 1 N–H and O–H groups in total. The van der Waals surface area contributed by atoms with E-state index in [1.165, 1.54) is 5.56 Å². The predicted octanol–water partition coefficient (Wildman–Crippen LogP) is 3.96. The van der Waals surface area contributed by atoms with E-state index in [1.54, 1.807) is 6.92 Å². The number of amides is 1. The highest BCUT2D eigenvalue weighted by molar-refractivity contribution is 5.78. The Morgan fingerprint density at radius 1 is 1.09 bits per heavy atom. The number of benzene rings is 2. The monoisotopic (exact) mass is 304 g/mol. The van der Waals surface area contributed by atoms with Gasteiger partial charge in [-0.15, -0.1) is 0 Å². The summed E-state index contributed by atoms with van der Waals surface area (Å²) in [7, 11) is 0. The molecule has 0 radical (unpaired) electrons. The Morgan fingerprint density at radius 3 is 2.70 bits per heavy atom. The molecule has 0 aliphatic carbocycles. The minimum absolute atomic E-state index is 0.0303. The van der Waals surface area contributed by atoms with Crippen LogP contribution in [-0.2, 0) is 11.2 Å². The summed E-state index contributed by atoms with van der Waals surface area (Å²) >= 11 is 0. The SMILES string of the molecule is CC(=O)N[C@H](Cc1ccc2ccccc2n1)c1cccc(C)c1. The Hall–Kier alpha value is -2.68. The number of para-hydroxylation sites is 1. The van der Waals surface area contributed by atoms with Crippen molar-refractivity contribution in [3.8, 4) is 0 Å². The first-order valence-electron chi connectivity index (χ1n) is 7.80. The molecule has 1 amide bonds. The highest BCUT2D eigenvalue weighted by atomic mass is 16.1. The molecule has 3 heteroatoms. The lowest BCUT2D eigenvalue weighted by Crippen LogP contribution is -2.28. The molecule has 0 saturated carbocycles. The van der Waals surface area contributed by atoms with E-state index in [1.807, 2.05) is 30.3 Å². The van der Waals surface area contributed by atoms with Gasteiger partial charge in [-0.2, -0.15) is 0 Å². The summed E-state index contributed by atoms with van der Waals surface area (Å²) in [6.45, 7) is 3.61. The van der Waals surface area contributed by atoms with Gasteiger partial charge in [-0.3, -0.25) is 9.78 Å². The van der Waals surface area contributed by atoms with Gasteiger partial charge in [0, 0.05) is 24.4 Å². The van der Waals surface area contributed by atoms with Crippen molar-refractivity contribution in [3.05, 3.63) is 77.5 Å². The number of hydrogen-bond acceptors (Lipinski definition) is 2. The van der Waals surface area contributed by atoms with Crippen LogP contribution in [0, 0.1) is 6.92 Å². The van der Waals surface area contributed by atoms with Crippen LogP contribution < -0.4 is 5.32 Å². The molecule has 1 atom stereocenters. The minimum Gasteiger partial charge on any atom is -0.349 e. The molecular weight excluding hydrogens is 284 g/mol. The van der Waals surface area contributed by atoms with Crippen LogP contribution in [0.5, 0.6) is 0 Å². The fraction of sp³-hybridized carbons (Fsp3) is 0.200. The second-order valence-electron chi connectivity index (χ2n) is 5.87. The molecule has 0 aliphatic heterocycles. The fourth-order valence-electron chi connectivity index (χ4n) is 2.82. The molecule has 0 fully saturated rings. The molecule has 0 unspecified atom stereocenters. The molecular formula is C20H20N2O. The number of nitrogens with zero attached hydrogens (tertiary/aromatic N) is 1. The van der Waals surface area contributed by atoms with E-state index in [4.69, 9.17) is 4.98 Å². The Kier molecular flexibility index (Phi) is 4.38. The van der Waals surface area contributed by atoms with Gasteiger partial charge in [0.2, 0.25) is 5.91 Å². The second kappa shape index (κ2) is 6.61. The maximum absolute atomic E-state index is 11.6. The van der Waals surface area contributed by atoms with Gasteiger partial charge in [-0.25, -0.2) is 0 Å². The first kappa shape index (κ1) is 15.2. The lowest BCUT2D eigenvalue weighted by atomic mass is 9.99. The van der Waals surface area contributed by atoms with E-state index in [2.05, 4.69) is 42.6 Å². The zero-order valence-electron chi connectivity index (χ0n) is 13.4. The summed E-state index contributed by atoms with van der Waals surface area (Å²) in [6, 6.07) is 20.4. The average Bonchev–Trinajstić information content (AvgIpc) is 2.54. The van der Waals surface area contributed by atoms with Crippen molar-refractivity contribution in [2.24, 2.45) is 0 Å². The maximum Gasteiger partial charge on any atom is 0.217 e. The lowest BCUT2D eigenvalue weighted by molar-refractivity contribution is -0.119. The summed E-state index contributed by atoms with van der Waals surface area (Å²) in [4.78, 5) is 16.3. The predicted molar refractivity (Wildman–Crippen MR) is 93.2 cm³/mol. The molecule has 0 spiro atoms. The van der Waals surface area contributed by atoms with Crippen molar-refractivity contribution >= 4 is 16.8 Å². The lowest BCUT2D eigenvalue weighted by Gasteiger charge is -2.19. The molecule has 0 bridgehead atoms. The van der Waals surface area contributed by atoms with Crippen LogP contribution >= 0.6 is 0 Å². The average molecular weight is 304 g/mol. The number of fused-ring (bicyclic) bond motifs is 1. The van der Waals surface area contributed by atoms with Crippen molar-refractivity contribution in [1.82, 2.24) is 10.3 Å². The highest BCUT2D eigenvalue weighted by Gasteiger charge is 2.14. The van der Waals surface area contributed by atoms with Crippen LogP contribution in [0.25, 0.3) is 10.9 Å². The third-order valence-corrected chi connectivity index (χ3v) is 3.89. The first-order valence-corrected chi connectivity index (χ1v) is 7.80. The number of rotatable bonds is 4. The van der Waals surface area contributed by atoms with Gasteiger partial charge in [0.1, 0.15) is 0 Å². The van der Waals surface area contributed by atoms with Crippen LogP contribution in [0.15, 0.2) is 60.7 Å². The summed E-state index contributed by atoms with van der Waals surface area (Å²) < 4.78 is 0. The van der Waals surface area contributed by atoms with Gasteiger partial charge in [0.05, 0.1) is 11.6 Å². The van der Waals surface area contributed by atoms with Crippen molar-refractivity contribution in [3.63, 3.8) is 0 Å². The fourth-order valence-corrected chi connectivity index (χ4v) is 2.82. The zero-order valence-corrected chi connectivity index (χ0v) is 13.4. The largest absolute Gasteiger partial charge is 0.349 e. The zero-order chi connectivity index (χ0) is 16.2. The normalized spacial score (nSPS) is 12.1. The topological polar surface area (TPSA) is 42.0 Å². The molecule has 116 valence electrons. The third kappa shape index (κ3) is 3.75. The smallest absolute Gasteiger partial charge is 0.217 e. The van der Waals surface area contributed by atoms with Crippen LogP contribution in [0.1, 0.15) is 29.8 Å². The number of nitrogens with one attached hydrogen (secondary N) is 1. The molecule has 3 nitrogen and oxygen atoms in total. The number of pyridine rings is 1. The standard InChI is InChI=1S/C20H20N2O/c1-14-6-5-8-17(12-14)20(21-15(2)23)13-18-11-10-16-7-3-4-9-19(16)22-18/h3-12,20H,13H2,1-2H3,(H,21,23)/t20-/m1/s1. The summed E-state index contributed by atoms with van der Waals surface area (Å²) in [5.41, 5.74) is 4.25. The van der Waals surface area contributed by atoms with Gasteiger partial charge in [-0.05, 0) is 24.6 Å². The Bertz CT molecular complexity index is 842. The minimum atomic E-state index is -0.0685. The van der Waals surface area contributed by atoms with E-state index in [-0.39, 0.29) is 11.9 Å². The van der Waals surface area contributed by atoms with Crippen LogP contribution in [0.3, 0.4) is 0 Å². The number of hydrogen-bond donors (Lipinski definition) is 1. The van der Waals surface area contributed by atoms with Crippen LogP contribution in [-0.4, -0.2) is 10.9 Å². The summed E-state index contributed by atoms with van der Waals surface area (Å²) in [6.07, 6.45) is 0.674. The highest BCUT2D eigenvalue weighted by Crippen LogP contribution is 2.20. The van der Waals surface area contributed by atoms with Gasteiger partial charge >= 0.3 is 0 Å². The molecule has 23 heavy (non-hydrogen) atoms. The van der Waals surface area contributed by atoms with E-state index in [0.717, 1.165) is 22.2 Å². The number of aromatic nitrogens is 1. The second-order valence-corrected chi connectivity index (χ2v) is 5.87. The third-order valence-electron chi connectivity index (χ3n) is 3.89. The molecule has 0 aliphatic rings. The molecule has 0 saturated heterocycles. The van der Waals surface area contributed by atoms with E-state index < -0.39 is 0 Å². The van der Waals surface area contributed by atoms with E-state index in [9.17, 15) is 4.79 Å². The maximum atomic E-state index is 11.6. The number of aryl methyl sites for hydroxylation is 1. The van der Waals surface area contributed by atoms with Crippen LogP contribution in [0.2, 0.25) is 0 Å². The number of carbonyl (C=O) groups is 1.